The normalized spacial score (nSPS) is 13.8. The standard InChI is InChI=1S/C10H21NO3/c1-8(5-6-12)11-7-9(13)14-10(2,3)4/h8,11-12H,5-7H2,1-4H3. The Hall–Kier alpha value is -0.610. The number of nitrogens with one attached hydrogen (secondary N) is 1. The molecular formula is C10H21NO3. The molecule has 0 spiro atoms. The molecule has 14 heavy (non-hydrogen) atoms. The minimum absolute atomic E-state index is 0.127. The summed E-state index contributed by atoms with van der Waals surface area (Å²) in [4.78, 5) is 11.2. The predicted octanol–water partition coefficient (Wildman–Crippen LogP) is 0.689. The van der Waals surface area contributed by atoms with Crippen molar-refractivity contribution in [3.63, 3.8) is 0 Å². The molecule has 0 bridgehead atoms. The number of hydrogen-bond acceptors (Lipinski definition) is 4. The van der Waals surface area contributed by atoms with E-state index in [4.69, 9.17) is 9.84 Å². The maximum Gasteiger partial charge on any atom is 0.320 e. The average Bonchev–Trinajstić information content (AvgIpc) is 1.98. The first-order valence-corrected chi connectivity index (χ1v) is 4.91. The second-order valence-corrected chi connectivity index (χ2v) is 4.38. The van der Waals surface area contributed by atoms with Gasteiger partial charge in [0.15, 0.2) is 0 Å². The Labute approximate surface area is 85.6 Å². The van der Waals surface area contributed by atoms with Crippen LogP contribution in [0.25, 0.3) is 0 Å². The maximum absolute atomic E-state index is 11.2. The Morgan fingerprint density at radius 3 is 2.50 bits per heavy atom. The number of carbonyl (C=O) groups is 1. The molecule has 0 heterocycles. The lowest BCUT2D eigenvalue weighted by atomic mass is 10.2. The molecule has 4 heteroatoms. The summed E-state index contributed by atoms with van der Waals surface area (Å²) in [6, 6.07) is 0.132. The Morgan fingerprint density at radius 1 is 1.50 bits per heavy atom. The molecule has 0 amide bonds. The molecular weight excluding hydrogens is 182 g/mol. The van der Waals surface area contributed by atoms with E-state index < -0.39 is 5.60 Å². The van der Waals surface area contributed by atoms with Gasteiger partial charge in [-0.15, -0.1) is 0 Å². The number of hydrogen-bond donors (Lipinski definition) is 2. The smallest absolute Gasteiger partial charge is 0.320 e. The van der Waals surface area contributed by atoms with Crippen molar-refractivity contribution in [3.8, 4) is 0 Å². The number of aliphatic hydroxyl groups is 1. The fourth-order valence-electron chi connectivity index (χ4n) is 0.931. The molecule has 0 radical (unpaired) electrons. The molecule has 1 unspecified atom stereocenters. The number of aliphatic hydroxyl groups excluding tert-OH is 1. The van der Waals surface area contributed by atoms with Crippen LogP contribution in [0.5, 0.6) is 0 Å². The van der Waals surface area contributed by atoms with E-state index in [-0.39, 0.29) is 25.2 Å². The molecule has 0 aromatic heterocycles. The van der Waals surface area contributed by atoms with Crippen LogP contribution in [0.1, 0.15) is 34.1 Å². The van der Waals surface area contributed by atoms with Crippen LogP contribution in [0, 0.1) is 0 Å². The summed E-state index contributed by atoms with van der Waals surface area (Å²) in [7, 11) is 0. The minimum Gasteiger partial charge on any atom is -0.459 e. The Balaban J connectivity index is 3.64. The van der Waals surface area contributed by atoms with E-state index in [1.807, 2.05) is 27.7 Å². The summed E-state index contributed by atoms with van der Waals surface area (Å²) < 4.78 is 5.10. The van der Waals surface area contributed by atoms with Crippen LogP contribution in [0.4, 0.5) is 0 Å². The van der Waals surface area contributed by atoms with E-state index in [9.17, 15) is 4.79 Å². The summed E-state index contributed by atoms with van der Waals surface area (Å²) >= 11 is 0. The van der Waals surface area contributed by atoms with Gasteiger partial charge in [0, 0.05) is 12.6 Å². The van der Waals surface area contributed by atoms with Crippen LogP contribution in [0.2, 0.25) is 0 Å². The molecule has 0 aliphatic rings. The van der Waals surface area contributed by atoms with Gasteiger partial charge in [0.05, 0.1) is 6.54 Å². The number of ether oxygens (including phenoxy) is 1. The van der Waals surface area contributed by atoms with E-state index in [0.29, 0.717) is 6.42 Å². The molecule has 0 saturated carbocycles. The Bertz CT molecular complexity index is 175. The van der Waals surface area contributed by atoms with E-state index in [0.717, 1.165) is 0 Å². The van der Waals surface area contributed by atoms with Crippen molar-refractivity contribution >= 4 is 5.97 Å². The van der Waals surface area contributed by atoms with Crippen LogP contribution in [-0.4, -0.2) is 35.9 Å². The molecule has 0 aliphatic carbocycles. The van der Waals surface area contributed by atoms with Gasteiger partial charge in [-0.1, -0.05) is 0 Å². The van der Waals surface area contributed by atoms with Crippen molar-refractivity contribution in [1.29, 1.82) is 0 Å². The predicted molar refractivity (Wildman–Crippen MR) is 55.0 cm³/mol. The van der Waals surface area contributed by atoms with Gasteiger partial charge in [-0.05, 0) is 34.1 Å². The zero-order chi connectivity index (χ0) is 11.2. The highest BCUT2D eigenvalue weighted by molar-refractivity contribution is 5.72. The zero-order valence-corrected chi connectivity index (χ0v) is 9.46. The summed E-state index contributed by atoms with van der Waals surface area (Å²) in [5.74, 6) is -0.262. The van der Waals surface area contributed by atoms with Crippen LogP contribution < -0.4 is 5.32 Å². The van der Waals surface area contributed by atoms with Crippen molar-refractivity contribution in [2.24, 2.45) is 0 Å². The highest BCUT2D eigenvalue weighted by Crippen LogP contribution is 2.06. The molecule has 4 nitrogen and oxygen atoms in total. The van der Waals surface area contributed by atoms with E-state index in [1.54, 1.807) is 0 Å². The summed E-state index contributed by atoms with van der Waals surface area (Å²) in [5, 5.41) is 11.6. The second-order valence-electron chi connectivity index (χ2n) is 4.38. The number of rotatable bonds is 5. The molecule has 0 aliphatic heterocycles. The molecule has 0 rings (SSSR count). The van der Waals surface area contributed by atoms with E-state index in [1.165, 1.54) is 0 Å². The van der Waals surface area contributed by atoms with Gasteiger partial charge in [0.25, 0.3) is 0 Å². The quantitative estimate of drug-likeness (QED) is 0.645. The van der Waals surface area contributed by atoms with Gasteiger partial charge in [0.2, 0.25) is 0 Å². The molecule has 0 aromatic carbocycles. The lowest BCUT2D eigenvalue weighted by Crippen LogP contribution is -2.36. The molecule has 2 N–H and O–H groups in total. The van der Waals surface area contributed by atoms with Crippen LogP contribution in [-0.2, 0) is 9.53 Å². The van der Waals surface area contributed by atoms with Crippen LogP contribution >= 0.6 is 0 Å². The monoisotopic (exact) mass is 203 g/mol. The van der Waals surface area contributed by atoms with Crippen molar-refractivity contribution in [2.45, 2.75) is 45.8 Å². The molecule has 84 valence electrons. The average molecular weight is 203 g/mol. The van der Waals surface area contributed by atoms with Gasteiger partial charge in [-0.25, -0.2) is 0 Å². The van der Waals surface area contributed by atoms with Gasteiger partial charge < -0.3 is 15.2 Å². The fourth-order valence-corrected chi connectivity index (χ4v) is 0.931. The minimum atomic E-state index is -0.432. The van der Waals surface area contributed by atoms with Crippen molar-refractivity contribution in [1.82, 2.24) is 5.32 Å². The summed E-state index contributed by atoms with van der Waals surface area (Å²) in [6.07, 6.45) is 0.642. The summed E-state index contributed by atoms with van der Waals surface area (Å²) in [6.45, 7) is 7.74. The van der Waals surface area contributed by atoms with Crippen molar-refractivity contribution in [3.05, 3.63) is 0 Å². The third-order valence-electron chi connectivity index (χ3n) is 1.58. The third-order valence-corrected chi connectivity index (χ3v) is 1.58. The molecule has 1 atom stereocenters. The van der Waals surface area contributed by atoms with Crippen molar-refractivity contribution < 1.29 is 14.6 Å². The fraction of sp³-hybridized carbons (Fsp3) is 0.900. The van der Waals surface area contributed by atoms with Gasteiger partial charge >= 0.3 is 5.97 Å². The van der Waals surface area contributed by atoms with Crippen LogP contribution in [0.3, 0.4) is 0 Å². The maximum atomic E-state index is 11.2. The summed E-state index contributed by atoms with van der Waals surface area (Å²) in [5.41, 5.74) is -0.432. The molecule has 0 saturated heterocycles. The van der Waals surface area contributed by atoms with Gasteiger partial charge in [0.1, 0.15) is 5.60 Å². The SMILES string of the molecule is CC(CCO)NCC(=O)OC(C)(C)C. The van der Waals surface area contributed by atoms with Crippen molar-refractivity contribution in [2.75, 3.05) is 13.2 Å². The first kappa shape index (κ1) is 13.4. The topological polar surface area (TPSA) is 58.6 Å². The highest BCUT2D eigenvalue weighted by Gasteiger charge is 2.16. The largest absolute Gasteiger partial charge is 0.459 e. The second kappa shape index (κ2) is 5.98. The first-order chi connectivity index (χ1) is 6.35. The van der Waals surface area contributed by atoms with E-state index in [2.05, 4.69) is 5.32 Å². The van der Waals surface area contributed by atoms with Gasteiger partial charge in [-0.3, -0.25) is 4.79 Å². The Morgan fingerprint density at radius 2 is 2.07 bits per heavy atom. The number of carbonyl (C=O) groups excluding carboxylic acids is 1. The third kappa shape index (κ3) is 8.01. The molecule has 0 aromatic rings. The first-order valence-electron chi connectivity index (χ1n) is 4.91. The van der Waals surface area contributed by atoms with Crippen LogP contribution in [0.15, 0.2) is 0 Å². The highest BCUT2D eigenvalue weighted by atomic mass is 16.6. The Kier molecular flexibility index (Phi) is 5.72. The molecule has 0 fully saturated rings. The lowest BCUT2D eigenvalue weighted by Gasteiger charge is -2.20. The van der Waals surface area contributed by atoms with Gasteiger partial charge in [-0.2, -0.15) is 0 Å². The van der Waals surface area contributed by atoms with E-state index >= 15 is 0 Å². The zero-order valence-electron chi connectivity index (χ0n) is 9.46. The number of esters is 1. The lowest BCUT2D eigenvalue weighted by molar-refractivity contribution is -0.153.